The number of hydrogen-bond donors (Lipinski definition) is 1. The standard InChI is InChI=1S/C16H19N3O/c1-2-19(10-14-11-20-16(17)18-14)15-8-7-12-5-3-4-6-13(12)9-15/h3-9,14H,2,10-11H2,1H3,(H2,17,18)/t14-/m0/s1. The van der Waals surface area contributed by atoms with Crippen LogP contribution in [0.1, 0.15) is 6.92 Å². The van der Waals surface area contributed by atoms with E-state index in [2.05, 4.69) is 59.3 Å². The monoisotopic (exact) mass is 269 g/mol. The summed E-state index contributed by atoms with van der Waals surface area (Å²) >= 11 is 0. The summed E-state index contributed by atoms with van der Waals surface area (Å²) in [5, 5.41) is 2.52. The molecule has 1 aliphatic heterocycles. The molecule has 0 saturated carbocycles. The minimum atomic E-state index is 0.126. The molecule has 4 nitrogen and oxygen atoms in total. The van der Waals surface area contributed by atoms with Gasteiger partial charge in [0.2, 0.25) is 0 Å². The van der Waals surface area contributed by atoms with E-state index in [0.717, 1.165) is 13.1 Å². The molecule has 2 N–H and O–H groups in total. The number of nitrogens with two attached hydrogens (primary N) is 1. The van der Waals surface area contributed by atoms with Gasteiger partial charge in [-0.2, -0.15) is 0 Å². The zero-order chi connectivity index (χ0) is 13.9. The van der Waals surface area contributed by atoms with E-state index in [4.69, 9.17) is 10.5 Å². The quantitative estimate of drug-likeness (QED) is 0.927. The Hall–Kier alpha value is -2.23. The van der Waals surface area contributed by atoms with Crippen molar-refractivity contribution in [3.63, 3.8) is 0 Å². The van der Waals surface area contributed by atoms with Crippen LogP contribution in [0.3, 0.4) is 0 Å². The van der Waals surface area contributed by atoms with Crippen LogP contribution in [0.15, 0.2) is 47.5 Å². The number of hydrogen-bond acceptors (Lipinski definition) is 4. The number of rotatable bonds is 4. The molecule has 0 aromatic heterocycles. The van der Waals surface area contributed by atoms with Gasteiger partial charge in [-0.15, -0.1) is 0 Å². The summed E-state index contributed by atoms with van der Waals surface area (Å²) < 4.78 is 5.22. The predicted octanol–water partition coefficient (Wildman–Crippen LogP) is 2.38. The second-order valence-electron chi connectivity index (χ2n) is 5.00. The predicted molar refractivity (Wildman–Crippen MR) is 83.2 cm³/mol. The molecule has 0 fully saturated rings. The molecule has 0 unspecified atom stereocenters. The molecule has 0 spiro atoms. The van der Waals surface area contributed by atoms with Gasteiger partial charge >= 0.3 is 0 Å². The highest BCUT2D eigenvalue weighted by atomic mass is 16.5. The van der Waals surface area contributed by atoms with Crippen LogP contribution in [-0.2, 0) is 4.74 Å². The highest BCUT2D eigenvalue weighted by Gasteiger charge is 2.19. The third-order valence-electron chi connectivity index (χ3n) is 3.64. The fraction of sp³-hybridized carbons (Fsp3) is 0.312. The van der Waals surface area contributed by atoms with Gasteiger partial charge in [-0.25, -0.2) is 4.99 Å². The lowest BCUT2D eigenvalue weighted by atomic mass is 10.1. The van der Waals surface area contributed by atoms with Crippen LogP contribution in [0.5, 0.6) is 0 Å². The first-order valence-corrected chi connectivity index (χ1v) is 6.96. The summed E-state index contributed by atoms with van der Waals surface area (Å²) in [4.78, 5) is 6.60. The maximum absolute atomic E-state index is 5.56. The maximum atomic E-state index is 5.56. The van der Waals surface area contributed by atoms with Gasteiger partial charge < -0.3 is 15.4 Å². The van der Waals surface area contributed by atoms with E-state index >= 15 is 0 Å². The summed E-state index contributed by atoms with van der Waals surface area (Å²) in [5.41, 5.74) is 6.78. The molecule has 1 aliphatic rings. The van der Waals surface area contributed by atoms with Gasteiger partial charge in [-0.3, -0.25) is 0 Å². The van der Waals surface area contributed by atoms with E-state index in [1.165, 1.54) is 16.5 Å². The minimum Gasteiger partial charge on any atom is -0.463 e. The van der Waals surface area contributed by atoms with Gasteiger partial charge in [0.1, 0.15) is 12.6 Å². The minimum absolute atomic E-state index is 0.126. The first kappa shape index (κ1) is 12.8. The average molecular weight is 269 g/mol. The molecule has 0 aliphatic carbocycles. The van der Waals surface area contributed by atoms with E-state index in [0.29, 0.717) is 12.6 Å². The van der Waals surface area contributed by atoms with Gasteiger partial charge in [-0.1, -0.05) is 30.3 Å². The first-order valence-electron chi connectivity index (χ1n) is 6.96. The van der Waals surface area contributed by atoms with Gasteiger partial charge in [0, 0.05) is 18.8 Å². The van der Waals surface area contributed by atoms with Gasteiger partial charge in [-0.05, 0) is 29.8 Å². The third-order valence-corrected chi connectivity index (χ3v) is 3.64. The number of anilines is 1. The number of benzene rings is 2. The Labute approximate surface area is 118 Å². The van der Waals surface area contributed by atoms with Crippen LogP contribution in [0.4, 0.5) is 5.69 Å². The molecule has 2 aromatic rings. The molecular formula is C16H19N3O. The van der Waals surface area contributed by atoms with Crippen molar-refractivity contribution in [2.45, 2.75) is 13.0 Å². The van der Waals surface area contributed by atoms with Crippen LogP contribution in [-0.4, -0.2) is 31.8 Å². The Balaban J connectivity index is 1.83. The average Bonchev–Trinajstić information content (AvgIpc) is 2.89. The maximum Gasteiger partial charge on any atom is 0.282 e. The van der Waals surface area contributed by atoms with E-state index in [1.807, 2.05) is 0 Å². The summed E-state index contributed by atoms with van der Waals surface area (Å²) in [5.74, 6) is 0. The molecule has 0 amide bonds. The number of fused-ring (bicyclic) bond motifs is 1. The highest BCUT2D eigenvalue weighted by molar-refractivity contribution is 5.85. The third kappa shape index (κ3) is 2.54. The summed E-state index contributed by atoms with van der Waals surface area (Å²) in [7, 11) is 0. The lowest BCUT2D eigenvalue weighted by Crippen LogP contribution is -2.32. The van der Waals surface area contributed by atoms with Gasteiger partial charge in [0.25, 0.3) is 6.02 Å². The summed E-state index contributed by atoms with van der Waals surface area (Å²) in [6.07, 6.45) is 0. The number of amidine groups is 1. The molecule has 2 aromatic carbocycles. The second kappa shape index (κ2) is 5.41. The Kier molecular flexibility index (Phi) is 3.46. The number of ether oxygens (including phenoxy) is 1. The van der Waals surface area contributed by atoms with Crippen LogP contribution in [0.2, 0.25) is 0 Å². The van der Waals surface area contributed by atoms with Gasteiger partial charge in [0.15, 0.2) is 0 Å². The normalized spacial score (nSPS) is 17.9. The highest BCUT2D eigenvalue weighted by Crippen LogP contribution is 2.22. The smallest absolute Gasteiger partial charge is 0.282 e. The molecule has 1 heterocycles. The summed E-state index contributed by atoms with van der Waals surface area (Å²) in [6.45, 7) is 4.49. The first-order chi connectivity index (χ1) is 9.76. The molecule has 0 radical (unpaired) electrons. The lowest BCUT2D eigenvalue weighted by molar-refractivity contribution is 0.313. The van der Waals surface area contributed by atoms with Crippen LogP contribution < -0.4 is 10.6 Å². The van der Waals surface area contributed by atoms with Crippen molar-refractivity contribution >= 4 is 22.5 Å². The van der Waals surface area contributed by atoms with Crippen molar-refractivity contribution in [3.8, 4) is 0 Å². The fourth-order valence-corrected chi connectivity index (χ4v) is 2.57. The fourth-order valence-electron chi connectivity index (χ4n) is 2.57. The lowest BCUT2D eigenvalue weighted by Gasteiger charge is -2.25. The SMILES string of the molecule is CCN(C[C@H]1COC(N)=N1)c1ccc2ccccc2c1. The Morgan fingerprint density at radius 1 is 1.25 bits per heavy atom. The molecule has 104 valence electrons. The van der Waals surface area contributed by atoms with Crippen molar-refractivity contribution < 1.29 is 4.74 Å². The van der Waals surface area contributed by atoms with Crippen molar-refractivity contribution in [1.82, 2.24) is 0 Å². The van der Waals surface area contributed by atoms with Gasteiger partial charge in [0.05, 0.1) is 0 Å². The van der Waals surface area contributed by atoms with Crippen LogP contribution in [0.25, 0.3) is 10.8 Å². The molecule has 0 bridgehead atoms. The van der Waals surface area contributed by atoms with E-state index in [9.17, 15) is 0 Å². The molecule has 4 heteroatoms. The van der Waals surface area contributed by atoms with Crippen molar-refractivity contribution in [3.05, 3.63) is 42.5 Å². The molecule has 1 atom stereocenters. The zero-order valence-electron chi connectivity index (χ0n) is 11.6. The Morgan fingerprint density at radius 3 is 2.75 bits per heavy atom. The topological polar surface area (TPSA) is 50.9 Å². The van der Waals surface area contributed by atoms with Crippen molar-refractivity contribution in [1.29, 1.82) is 0 Å². The molecule has 20 heavy (non-hydrogen) atoms. The largest absolute Gasteiger partial charge is 0.463 e. The van der Waals surface area contributed by atoms with Crippen LogP contribution in [0, 0.1) is 0 Å². The second-order valence-corrected chi connectivity index (χ2v) is 5.00. The number of aliphatic imine (C=N–C) groups is 1. The number of nitrogens with zero attached hydrogens (tertiary/aromatic N) is 2. The van der Waals surface area contributed by atoms with E-state index < -0.39 is 0 Å². The molecule has 3 rings (SSSR count). The Morgan fingerprint density at radius 2 is 2.05 bits per heavy atom. The van der Waals surface area contributed by atoms with Crippen molar-refractivity contribution in [2.75, 3.05) is 24.6 Å². The van der Waals surface area contributed by atoms with E-state index in [-0.39, 0.29) is 6.04 Å². The summed E-state index contributed by atoms with van der Waals surface area (Å²) in [6, 6.07) is 15.4. The zero-order valence-corrected chi connectivity index (χ0v) is 11.6. The molecular weight excluding hydrogens is 250 g/mol. The van der Waals surface area contributed by atoms with Crippen molar-refractivity contribution in [2.24, 2.45) is 10.7 Å². The number of likely N-dealkylation sites (N-methyl/N-ethyl adjacent to an activating group) is 1. The van der Waals surface area contributed by atoms with E-state index in [1.54, 1.807) is 0 Å². The molecule has 0 saturated heterocycles. The Bertz CT molecular complexity index is 638. The van der Waals surface area contributed by atoms with Crippen LogP contribution >= 0.6 is 0 Å².